The molecule has 0 heterocycles. The average Bonchev–Trinajstić information content (AvgIpc) is 3.36. The normalized spacial score (nSPS) is 11.6. The highest BCUT2D eigenvalue weighted by Crippen LogP contribution is 2.27. The van der Waals surface area contributed by atoms with Gasteiger partial charge in [0.2, 0.25) is 70.9 Å². The van der Waals surface area contributed by atoms with Gasteiger partial charge in [0, 0.05) is 119 Å². The second kappa shape index (κ2) is 36.8. The van der Waals surface area contributed by atoms with Crippen LogP contribution in [0.5, 0.6) is 0 Å². The monoisotopic (exact) mass is 1160 g/mol. The summed E-state index contributed by atoms with van der Waals surface area (Å²) in [6.45, 7) is 6.98. The molecule has 0 aromatic heterocycles. The van der Waals surface area contributed by atoms with Gasteiger partial charge in [0.05, 0.1) is 71.5 Å². The number of carbonyl (C=O) groups is 14. The van der Waals surface area contributed by atoms with Crippen molar-refractivity contribution in [3.8, 4) is 0 Å². The number of rotatable bonds is 36. The van der Waals surface area contributed by atoms with E-state index in [1.165, 1.54) is 75.4 Å². The maximum Gasteiger partial charge on any atom is 0.242 e. The first kappa shape index (κ1) is 72.7. The van der Waals surface area contributed by atoms with Crippen LogP contribution >= 0.6 is 21.6 Å². The molecule has 2 N–H and O–H groups in total. The molecule has 0 aliphatic rings. The van der Waals surface area contributed by atoms with Crippen LogP contribution in [0.1, 0.15) is 73.6 Å². The van der Waals surface area contributed by atoms with E-state index in [4.69, 9.17) is 0 Å². The van der Waals surface area contributed by atoms with Gasteiger partial charge in [0.25, 0.3) is 0 Å². The smallest absolute Gasteiger partial charge is 0.242 e. The number of carbonyl (C=O) groups excluding carboxylic acids is 14. The zero-order valence-electron chi connectivity index (χ0n) is 49.3. The predicted octanol–water partition coefficient (Wildman–Crippen LogP) is -1.64. The van der Waals surface area contributed by atoms with E-state index in [1.54, 1.807) is 42.4 Å². The largest absolute Gasteiger partial charge is 0.355 e. The summed E-state index contributed by atoms with van der Waals surface area (Å²) >= 11 is 0. The average molecular weight is 1160 g/mol. The lowest BCUT2D eigenvalue weighted by Gasteiger charge is -2.27. The van der Waals surface area contributed by atoms with Crippen molar-refractivity contribution in [3.63, 3.8) is 0 Å². The molecule has 0 bridgehead atoms. The first-order chi connectivity index (χ1) is 36.6. The van der Waals surface area contributed by atoms with Gasteiger partial charge in [-0.3, -0.25) is 67.1 Å². The van der Waals surface area contributed by atoms with Crippen LogP contribution in [0.3, 0.4) is 0 Å². The third-order valence-corrected chi connectivity index (χ3v) is 15.2. The fourth-order valence-corrected chi connectivity index (χ4v) is 8.88. The molecular formula is C51H88N12O14S2. The number of hydrogen-bond acceptors (Lipinski definition) is 16. The van der Waals surface area contributed by atoms with Gasteiger partial charge in [-0.1, -0.05) is 56.2 Å². The van der Waals surface area contributed by atoms with Gasteiger partial charge < -0.3 is 59.6 Å². The molecule has 0 saturated heterocycles. The van der Waals surface area contributed by atoms with E-state index in [2.05, 4.69) is 10.6 Å². The van der Waals surface area contributed by atoms with E-state index in [9.17, 15) is 67.1 Å². The summed E-state index contributed by atoms with van der Waals surface area (Å²) in [5, 5.41) is 5.66. The first-order valence-corrected chi connectivity index (χ1v) is 28.3. The standard InChI is InChI=1S/C51H88N12O14S2/c1-34(2)50(76)37(6)53-39(65)24-54(7)41(67)26-56(9)43(69)28-58(11)45(71)30-60(13)47(73)32-62(15)49(75)33-63(16)48(74)31-61(14)46(72)29-59(12)44(70)27-57(10)42(68)25-55(8)40(66)21-17-19-38(64)20-18-22-78-79-36(5)23-52-51(77)35(3)4/h34-37H,17-33H2,1-16H3,(H,52,77)(H,53,65)/t36?,37-/m0/s1. The van der Waals surface area contributed by atoms with E-state index < -0.39 is 117 Å². The van der Waals surface area contributed by atoms with E-state index >= 15 is 0 Å². The molecule has 2 atom stereocenters. The molecule has 0 saturated carbocycles. The number of Topliss-reactive ketones (excluding diaryl/α,β-unsaturated/α-hetero) is 2. The maximum absolute atomic E-state index is 13.0. The first-order valence-electron chi connectivity index (χ1n) is 25.9. The van der Waals surface area contributed by atoms with Crippen LogP contribution < -0.4 is 10.6 Å². The van der Waals surface area contributed by atoms with Crippen molar-refractivity contribution in [3.05, 3.63) is 0 Å². The molecule has 28 heteroatoms. The Morgan fingerprint density at radius 1 is 0.367 bits per heavy atom. The van der Waals surface area contributed by atoms with Crippen LogP contribution in [0, 0.1) is 11.8 Å². The summed E-state index contributed by atoms with van der Waals surface area (Å²) in [5.41, 5.74) is 0. The molecule has 0 aliphatic heterocycles. The number of nitrogens with one attached hydrogen (secondary N) is 2. The van der Waals surface area contributed by atoms with Crippen molar-refractivity contribution in [1.82, 2.24) is 59.6 Å². The lowest BCUT2D eigenvalue weighted by atomic mass is 10.0. The van der Waals surface area contributed by atoms with Crippen LogP contribution in [-0.2, 0) is 67.1 Å². The van der Waals surface area contributed by atoms with Crippen molar-refractivity contribution in [2.24, 2.45) is 11.8 Å². The molecule has 12 amide bonds. The zero-order valence-corrected chi connectivity index (χ0v) is 51.0. The Labute approximate surface area is 474 Å². The molecule has 0 fully saturated rings. The van der Waals surface area contributed by atoms with Crippen molar-refractivity contribution in [2.45, 2.75) is 84.9 Å². The summed E-state index contributed by atoms with van der Waals surface area (Å²) in [5.74, 6) is -6.06. The fourth-order valence-electron chi connectivity index (χ4n) is 6.60. The van der Waals surface area contributed by atoms with E-state index in [0.717, 1.165) is 49.9 Å². The minimum atomic E-state index is -0.739. The summed E-state index contributed by atoms with van der Waals surface area (Å²) in [6.07, 6.45) is 1.70. The Morgan fingerprint density at radius 3 is 0.962 bits per heavy atom. The molecule has 79 heavy (non-hydrogen) atoms. The van der Waals surface area contributed by atoms with Crippen molar-refractivity contribution in [1.29, 1.82) is 0 Å². The molecule has 1 unspecified atom stereocenters. The van der Waals surface area contributed by atoms with Crippen molar-refractivity contribution < 1.29 is 67.1 Å². The Hall–Kier alpha value is -6.32. The van der Waals surface area contributed by atoms with Crippen molar-refractivity contribution >= 4 is 104 Å². The third-order valence-electron chi connectivity index (χ3n) is 12.2. The lowest BCUT2D eigenvalue weighted by molar-refractivity contribution is -0.146. The van der Waals surface area contributed by atoms with Gasteiger partial charge in [0.1, 0.15) is 5.78 Å². The number of ketones is 2. The van der Waals surface area contributed by atoms with E-state index in [1.807, 2.05) is 20.8 Å². The third kappa shape index (κ3) is 29.5. The molecule has 0 radical (unpaired) electrons. The van der Waals surface area contributed by atoms with Gasteiger partial charge in [-0.25, -0.2) is 0 Å². The highest BCUT2D eigenvalue weighted by molar-refractivity contribution is 8.76. The molecule has 0 spiro atoms. The maximum atomic E-state index is 13.0. The molecule has 0 aliphatic carbocycles. The summed E-state index contributed by atoms with van der Waals surface area (Å²) in [6, 6.07) is -0.739. The number of likely N-dealkylation sites (N-methyl/N-ethyl adjacent to an activating group) is 10. The fraction of sp³-hybridized carbons (Fsp3) is 0.725. The van der Waals surface area contributed by atoms with Crippen LogP contribution in [0.2, 0.25) is 0 Å². The topological polar surface area (TPSA) is 295 Å². The molecule has 448 valence electrons. The molecule has 0 rings (SSSR count). The van der Waals surface area contributed by atoms with Crippen LogP contribution in [0.15, 0.2) is 0 Å². The second-order valence-electron chi connectivity index (χ2n) is 20.5. The van der Waals surface area contributed by atoms with Crippen LogP contribution in [0.4, 0.5) is 0 Å². The number of amides is 12. The Kier molecular flexibility index (Phi) is 33.8. The Morgan fingerprint density at radius 2 is 0.658 bits per heavy atom. The number of hydrogen-bond donors (Lipinski definition) is 2. The summed E-state index contributed by atoms with van der Waals surface area (Å²) in [4.78, 5) is 189. The van der Waals surface area contributed by atoms with Gasteiger partial charge in [-0.15, -0.1) is 0 Å². The Balaban J connectivity index is 4.77. The quantitative estimate of drug-likeness (QED) is 0.0526. The van der Waals surface area contributed by atoms with Crippen LogP contribution in [-0.4, -0.2) is 291 Å². The minimum absolute atomic E-state index is 0.0125. The number of nitrogens with zero attached hydrogens (tertiary/aromatic N) is 10. The molecular weight excluding hydrogens is 1070 g/mol. The molecule has 0 aromatic rings. The van der Waals surface area contributed by atoms with Crippen LogP contribution in [0.25, 0.3) is 0 Å². The SMILES string of the molecule is CC(CNC(=O)C(C)C)SSCCCC(=O)CCCC(=O)N(C)CC(=O)N(C)CC(=O)N(C)CC(=O)N(C)CC(=O)N(C)CC(=O)N(C)CC(=O)N(C)CC(=O)N(C)CC(=O)N(C)CC(=O)N(C)CC(=O)N[C@@H](C)C(=O)C(C)C. The molecule has 26 nitrogen and oxygen atoms in total. The van der Waals surface area contributed by atoms with E-state index in [0.29, 0.717) is 25.8 Å². The van der Waals surface area contributed by atoms with Gasteiger partial charge in [-0.05, 0) is 19.8 Å². The van der Waals surface area contributed by atoms with Crippen molar-refractivity contribution in [2.75, 3.05) is 148 Å². The second-order valence-corrected chi connectivity index (χ2v) is 23.4. The Bertz CT molecular complexity index is 2170. The molecule has 0 aromatic carbocycles. The predicted molar refractivity (Wildman–Crippen MR) is 299 cm³/mol. The summed E-state index contributed by atoms with van der Waals surface area (Å²) in [7, 11) is 16.8. The summed E-state index contributed by atoms with van der Waals surface area (Å²) < 4.78 is 0. The van der Waals surface area contributed by atoms with Gasteiger partial charge >= 0.3 is 0 Å². The van der Waals surface area contributed by atoms with Gasteiger partial charge in [-0.2, -0.15) is 0 Å². The zero-order chi connectivity index (χ0) is 61.0. The van der Waals surface area contributed by atoms with E-state index in [-0.39, 0.29) is 66.4 Å². The highest BCUT2D eigenvalue weighted by atomic mass is 33.1. The van der Waals surface area contributed by atoms with Gasteiger partial charge in [0.15, 0.2) is 5.78 Å². The minimum Gasteiger partial charge on any atom is -0.355 e. The highest BCUT2D eigenvalue weighted by Gasteiger charge is 2.27. The lowest BCUT2D eigenvalue weighted by Crippen LogP contribution is -2.49.